The van der Waals surface area contributed by atoms with E-state index in [1.807, 2.05) is 6.92 Å². The van der Waals surface area contributed by atoms with Gasteiger partial charge in [0.1, 0.15) is 4.90 Å². The summed E-state index contributed by atoms with van der Waals surface area (Å²) in [6.07, 6.45) is 4.04. The van der Waals surface area contributed by atoms with Crippen molar-refractivity contribution in [2.24, 2.45) is 7.05 Å². The van der Waals surface area contributed by atoms with Gasteiger partial charge < -0.3 is 5.32 Å². The van der Waals surface area contributed by atoms with Crippen molar-refractivity contribution in [1.29, 1.82) is 0 Å². The van der Waals surface area contributed by atoms with Crippen LogP contribution in [0.2, 0.25) is 0 Å². The molecule has 1 N–H and O–H groups in total. The molecule has 0 spiro atoms. The average molecular weight is 337 g/mol. The lowest BCUT2D eigenvalue weighted by Gasteiger charge is -2.33. The molecule has 1 aromatic rings. The van der Waals surface area contributed by atoms with Crippen molar-refractivity contribution in [3.8, 4) is 0 Å². The van der Waals surface area contributed by atoms with Gasteiger partial charge in [-0.2, -0.15) is 9.40 Å². The highest BCUT2D eigenvalue weighted by Gasteiger charge is 2.33. The van der Waals surface area contributed by atoms with Gasteiger partial charge in [-0.15, -0.1) is 12.4 Å². The number of rotatable bonds is 5. The van der Waals surface area contributed by atoms with Crippen molar-refractivity contribution >= 4 is 22.4 Å². The first kappa shape index (κ1) is 18.4. The zero-order chi connectivity index (χ0) is 14.8. The van der Waals surface area contributed by atoms with Gasteiger partial charge in [0.05, 0.1) is 11.9 Å². The van der Waals surface area contributed by atoms with Crippen LogP contribution in [0.5, 0.6) is 0 Å². The molecule has 0 atom stereocenters. The number of piperidine rings is 1. The Morgan fingerprint density at radius 2 is 2.05 bits per heavy atom. The third kappa shape index (κ3) is 3.77. The molecular weight excluding hydrogens is 312 g/mol. The van der Waals surface area contributed by atoms with Gasteiger partial charge in [0.15, 0.2) is 0 Å². The summed E-state index contributed by atoms with van der Waals surface area (Å²) in [6.45, 7) is 6.15. The number of nitrogens with zero attached hydrogens (tertiary/aromatic N) is 3. The summed E-state index contributed by atoms with van der Waals surface area (Å²) in [6, 6.07) is 0.0980. The minimum Gasteiger partial charge on any atom is -0.317 e. The fourth-order valence-corrected chi connectivity index (χ4v) is 4.64. The predicted octanol–water partition coefficient (Wildman–Crippen LogP) is 1.30. The highest BCUT2D eigenvalue weighted by Crippen LogP contribution is 2.24. The normalized spacial score (nSPS) is 17.0. The van der Waals surface area contributed by atoms with Crippen LogP contribution >= 0.6 is 12.4 Å². The average Bonchev–Trinajstić information content (AvgIpc) is 2.77. The summed E-state index contributed by atoms with van der Waals surface area (Å²) in [5.41, 5.74) is 0.694. The Labute approximate surface area is 133 Å². The van der Waals surface area contributed by atoms with Crippen LogP contribution in [-0.2, 0) is 17.1 Å². The van der Waals surface area contributed by atoms with Crippen molar-refractivity contribution in [2.45, 2.75) is 44.0 Å². The monoisotopic (exact) mass is 336 g/mol. The molecule has 2 rings (SSSR count). The third-order valence-electron chi connectivity index (χ3n) is 3.94. The Kier molecular flexibility index (Phi) is 6.65. The number of nitrogens with one attached hydrogen (secondary N) is 1. The van der Waals surface area contributed by atoms with Gasteiger partial charge in [0.2, 0.25) is 10.0 Å². The summed E-state index contributed by atoms with van der Waals surface area (Å²) in [5.74, 6) is 0. The van der Waals surface area contributed by atoms with Crippen LogP contribution < -0.4 is 5.32 Å². The molecule has 1 aliphatic heterocycles. The molecule has 0 aliphatic carbocycles. The summed E-state index contributed by atoms with van der Waals surface area (Å²) in [4.78, 5) is 0.340. The van der Waals surface area contributed by atoms with Crippen LogP contribution in [0.25, 0.3) is 0 Å². The van der Waals surface area contributed by atoms with Crippen molar-refractivity contribution in [3.05, 3.63) is 11.9 Å². The molecule has 0 amide bonds. The van der Waals surface area contributed by atoms with E-state index in [4.69, 9.17) is 0 Å². The van der Waals surface area contributed by atoms with E-state index in [1.54, 1.807) is 23.0 Å². The topological polar surface area (TPSA) is 67.2 Å². The molecule has 0 saturated carbocycles. The Balaban J connectivity index is 0.00000220. The predicted molar refractivity (Wildman–Crippen MR) is 85.3 cm³/mol. The number of sulfonamides is 1. The van der Waals surface area contributed by atoms with Crippen LogP contribution in [0.15, 0.2) is 11.1 Å². The number of aryl methyl sites for hydroxylation is 1. The molecule has 1 aliphatic rings. The van der Waals surface area contributed by atoms with Gasteiger partial charge in [0.25, 0.3) is 0 Å². The van der Waals surface area contributed by atoms with Crippen LogP contribution in [0.3, 0.4) is 0 Å². The molecule has 0 bridgehead atoms. The van der Waals surface area contributed by atoms with Gasteiger partial charge in [-0.05, 0) is 39.3 Å². The largest absolute Gasteiger partial charge is 0.317 e. The molecule has 0 radical (unpaired) electrons. The van der Waals surface area contributed by atoms with Crippen molar-refractivity contribution < 1.29 is 8.42 Å². The molecular formula is C13H25ClN4O2S. The molecule has 0 unspecified atom stereocenters. The van der Waals surface area contributed by atoms with E-state index in [9.17, 15) is 8.42 Å². The molecule has 6 nitrogen and oxygen atoms in total. The highest BCUT2D eigenvalue weighted by molar-refractivity contribution is 7.89. The van der Waals surface area contributed by atoms with E-state index in [2.05, 4.69) is 10.4 Å². The molecule has 8 heteroatoms. The SMILES string of the molecule is CCCN(C1CCNCC1)S(=O)(=O)c1cnn(C)c1C.Cl. The maximum absolute atomic E-state index is 12.9. The molecule has 21 heavy (non-hydrogen) atoms. The maximum Gasteiger partial charge on any atom is 0.246 e. The lowest BCUT2D eigenvalue weighted by molar-refractivity contribution is 0.262. The first-order chi connectivity index (χ1) is 9.48. The zero-order valence-electron chi connectivity index (χ0n) is 12.9. The van der Waals surface area contributed by atoms with E-state index >= 15 is 0 Å². The van der Waals surface area contributed by atoms with Crippen molar-refractivity contribution in [1.82, 2.24) is 19.4 Å². The lowest BCUT2D eigenvalue weighted by atomic mass is 10.1. The smallest absolute Gasteiger partial charge is 0.246 e. The fraction of sp³-hybridized carbons (Fsp3) is 0.769. The van der Waals surface area contributed by atoms with Crippen molar-refractivity contribution in [2.75, 3.05) is 19.6 Å². The standard InChI is InChI=1S/C13H24N4O2S.ClH/c1-4-9-17(12-5-7-14-8-6-12)20(18,19)13-10-15-16(3)11(13)2;/h10,12,14H,4-9H2,1-3H3;1H. The van der Waals surface area contributed by atoms with Gasteiger partial charge in [0, 0.05) is 19.6 Å². The van der Waals surface area contributed by atoms with E-state index in [-0.39, 0.29) is 18.4 Å². The first-order valence-corrected chi connectivity index (χ1v) is 8.63. The molecule has 2 heterocycles. The number of halogens is 1. The van der Waals surface area contributed by atoms with E-state index < -0.39 is 10.0 Å². The quantitative estimate of drug-likeness (QED) is 0.880. The van der Waals surface area contributed by atoms with Crippen LogP contribution in [0.1, 0.15) is 31.9 Å². The summed E-state index contributed by atoms with van der Waals surface area (Å²) < 4.78 is 29.1. The van der Waals surface area contributed by atoms with Crippen molar-refractivity contribution in [3.63, 3.8) is 0 Å². The molecule has 1 fully saturated rings. The van der Waals surface area contributed by atoms with Crippen LogP contribution in [-0.4, -0.2) is 48.2 Å². The molecule has 0 aromatic carbocycles. The Hall–Kier alpha value is -0.630. The lowest BCUT2D eigenvalue weighted by Crippen LogP contribution is -2.46. The molecule has 122 valence electrons. The van der Waals surface area contributed by atoms with Gasteiger partial charge >= 0.3 is 0 Å². The summed E-state index contributed by atoms with van der Waals surface area (Å²) in [5, 5.41) is 7.35. The second kappa shape index (κ2) is 7.58. The first-order valence-electron chi connectivity index (χ1n) is 7.19. The highest BCUT2D eigenvalue weighted by atomic mass is 35.5. The van der Waals surface area contributed by atoms with E-state index in [1.165, 1.54) is 6.20 Å². The van der Waals surface area contributed by atoms with Gasteiger partial charge in [-0.3, -0.25) is 4.68 Å². The van der Waals surface area contributed by atoms with E-state index in [0.29, 0.717) is 17.1 Å². The van der Waals surface area contributed by atoms with Gasteiger partial charge in [-0.25, -0.2) is 8.42 Å². The fourth-order valence-electron chi connectivity index (χ4n) is 2.67. The Morgan fingerprint density at radius 1 is 1.43 bits per heavy atom. The second-order valence-electron chi connectivity index (χ2n) is 5.31. The maximum atomic E-state index is 12.9. The number of hydrogen-bond acceptors (Lipinski definition) is 4. The Bertz CT molecular complexity index is 553. The minimum atomic E-state index is -3.45. The summed E-state index contributed by atoms with van der Waals surface area (Å²) >= 11 is 0. The summed E-state index contributed by atoms with van der Waals surface area (Å²) in [7, 11) is -1.68. The third-order valence-corrected chi connectivity index (χ3v) is 5.99. The second-order valence-corrected chi connectivity index (χ2v) is 7.17. The molecule has 1 saturated heterocycles. The minimum absolute atomic E-state index is 0. The van der Waals surface area contributed by atoms with Gasteiger partial charge in [-0.1, -0.05) is 6.92 Å². The molecule has 1 aromatic heterocycles. The number of aromatic nitrogens is 2. The number of hydrogen-bond donors (Lipinski definition) is 1. The van der Waals surface area contributed by atoms with Crippen LogP contribution in [0, 0.1) is 6.92 Å². The van der Waals surface area contributed by atoms with E-state index in [0.717, 1.165) is 32.4 Å². The Morgan fingerprint density at radius 3 is 2.52 bits per heavy atom. The van der Waals surface area contributed by atoms with Crippen LogP contribution in [0.4, 0.5) is 0 Å². The zero-order valence-corrected chi connectivity index (χ0v) is 14.5.